The fourth-order valence-corrected chi connectivity index (χ4v) is 6.17. The lowest BCUT2D eigenvalue weighted by Crippen LogP contribution is -2.09. The second kappa shape index (κ2) is 14.0. The van der Waals surface area contributed by atoms with Crippen molar-refractivity contribution in [2.45, 2.75) is 72.6 Å². The van der Waals surface area contributed by atoms with E-state index < -0.39 is 5.97 Å². The Labute approximate surface area is 261 Å². The topological polar surface area (TPSA) is 54.4 Å². The molecule has 0 amide bonds. The molecule has 4 aromatic carbocycles. The van der Waals surface area contributed by atoms with Crippen molar-refractivity contribution in [3.63, 3.8) is 0 Å². The number of carboxylic acids is 1. The normalized spacial score (nSPS) is 13.3. The fourth-order valence-electron chi connectivity index (χ4n) is 5.84. The third-order valence-electron chi connectivity index (χ3n) is 8.54. The molecule has 3 nitrogen and oxygen atoms in total. The minimum absolute atomic E-state index is 0. The molecule has 0 heterocycles. The van der Waals surface area contributed by atoms with Gasteiger partial charge in [0.25, 0.3) is 0 Å². The maximum Gasteiger partial charge on any atom is 0.307 e. The van der Waals surface area contributed by atoms with Crippen molar-refractivity contribution in [2.24, 2.45) is 0 Å². The quantitative estimate of drug-likeness (QED) is 0.186. The summed E-state index contributed by atoms with van der Waals surface area (Å²) < 4.78 is 0. The van der Waals surface area contributed by atoms with E-state index in [9.17, 15) is 14.7 Å². The van der Waals surface area contributed by atoms with E-state index in [4.69, 9.17) is 11.6 Å². The van der Waals surface area contributed by atoms with Gasteiger partial charge in [-0.2, -0.15) is 0 Å². The molecule has 0 atom stereocenters. The number of ketones is 1. The van der Waals surface area contributed by atoms with E-state index in [0.29, 0.717) is 29.4 Å². The highest BCUT2D eigenvalue weighted by Gasteiger charge is 2.22. The van der Waals surface area contributed by atoms with Crippen LogP contribution in [-0.2, 0) is 22.4 Å². The first kappa shape index (κ1) is 32.0. The molecule has 4 aromatic rings. The Bertz CT molecular complexity index is 1660. The summed E-state index contributed by atoms with van der Waals surface area (Å²) in [5, 5.41) is 9.93. The molecule has 0 unspecified atom stereocenters. The molecule has 0 saturated heterocycles. The van der Waals surface area contributed by atoms with Gasteiger partial charge in [-0.3, -0.25) is 9.59 Å². The van der Waals surface area contributed by atoms with Gasteiger partial charge in [-0.1, -0.05) is 105 Å². The number of carboxylic acid groups (broad SMARTS) is 1. The molecule has 1 N–H and O–H groups in total. The van der Waals surface area contributed by atoms with E-state index in [1.807, 2.05) is 57.2 Å². The predicted octanol–water partition coefficient (Wildman–Crippen LogP) is 10.4. The Kier molecular flexibility index (Phi) is 10.4. The van der Waals surface area contributed by atoms with Gasteiger partial charge in [-0.25, -0.2) is 0 Å². The largest absolute Gasteiger partial charge is 0.481 e. The number of hydrogen-bond acceptors (Lipinski definition) is 2. The highest BCUT2D eigenvalue weighted by atomic mass is 35.5. The van der Waals surface area contributed by atoms with E-state index in [-0.39, 0.29) is 19.6 Å². The average molecular weight is 593 g/mol. The molecular formula is C39H41ClO3. The molecule has 1 aliphatic carbocycles. The molecule has 222 valence electrons. The Hall–Kier alpha value is -3.95. The van der Waals surface area contributed by atoms with Gasteiger partial charge < -0.3 is 5.11 Å². The Morgan fingerprint density at radius 1 is 0.884 bits per heavy atom. The predicted molar refractivity (Wildman–Crippen MR) is 180 cm³/mol. The molecule has 5 rings (SSSR count). The summed E-state index contributed by atoms with van der Waals surface area (Å²) >= 11 is 6.80. The molecule has 1 saturated carbocycles. The molecule has 43 heavy (non-hydrogen) atoms. The molecule has 0 aliphatic heterocycles. The van der Waals surface area contributed by atoms with Crippen LogP contribution in [0.4, 0.5) is 0 Å². The first-order valence-electron chi connectivity index (χ1n) is 14.8. The lowest BCUT2D eigenvalue weighted by atomic mass is 9.77. The smallest absolute Gasteiger partial charge is 0.307 e. The number of halogens is 1. The van der Waals surface area contributed by atoms with Crippen LogP contribution in [0.3, 0.4) is 0 Å². The fraction of sp³-hybridized carbons (Fsp3) is 0.282. The van der Waals surface area contributed by atoms with Crippen LogP contribution in [0.1, 0.15) is 79.3 Å². The molecular weight excluding hydrogens is 552 g/mol. The van der Waals surface area contributed by atoms with E-state index >= 15 is 0 Å². The van der Waals surface area contributed by atoms with Crippen LogP contribution < -0.4 is 0 Å². The number of aryl methyl sites for hydroxylation is 2. The van der Waals surface area contributed by atoms with E-state index in [0.717, 1.165) is 38.9 Å². The van der Waals surface area contributed by atoms with E-state index in [1.165, 1.54) is 36.0 Å². The number of carbonyl (C=O) groups is 2. The van der Waals surface area contributed by atoms with Gasteiger partial charge in [0.1, 0.15) is 0 Å². The highest BCUT2D eigenvalue weighted by Crippen LogP contribution is 2.42. The number of aliphatic carboxylic acids is 1. The summed E-state index contributed by atoms with van der Waals surface area (Å²) in [5.74, 6) is -0.139. The SMILES string of the molecule is C.CCC(=O)/C(=C\Cc1ccc(C)c(CC(=O)O)c1)c1cc(-c2ccc(-c3ccccc3C3CCC3)cc2)c(Cl)cc1C. The number of rotatable bonds is 10. The van der Waals surface area contributed by atoms with Crippen LogP contribution in [0.25, 0.3) is 27.8 Å². The standard InChI is InChI=1S/C38H37ClO3.CH4/c1-4-37(40)33(19-14-26-13-12-24(2)30(21-26)22-38(41)42)34-23-35(36(39)20-25(34)3)29-17-15-28(16-18-29)32-11-6-5-10-31(32)27-8-7-9-27;/h5-6,10-13,15-21,23,27H,4,7-9,14,22H2,1-3H3,(H,41,42);1H4/b33-19-;. The van der Waals surface area contributed by atoms with Crippen LogP contribution in [0, 0.1) is 13.8 Å². The van der Waals surface area contributed by atoms with Crippen molar-refractivity contribution in [1.82, 2.24) is 0 Å². The molecule has 4 heteroatoms. The van der Waals surface area contributed by atoms with Crippen molar-refractivity contribution in [3.8, 4) is 22.3 Å². The van der Waals surface area contributed by atoms with Gasteiger partial charge in [0.05, 0.1) is 6.42 Å². The first-order chi connectivity index (χ1) is 20.2. The summed E-state index contributed by atoms with van der Waals surface area (Å²) in [7, 11) is 0. The van der Waals surface area contributed by atoms with Crippen LogP contribution in [0.5, 0.6) is 0 Å². The first-order valence-corrected chi connectivity index (χ1v) is 15.2. The van der Waals surface area contributed by atoms with Gasteiger partial charge in [0, 0.05) is 22.6 Å². The molecule has 0 spiro atoms. The van der Waals surface area contributed by atoms with Crippen LogP contribution in [0.15, 0.2) is 84.9 Å². The van der Waals surface area contributed by atoms with Crippen LogP contribution >= 0.6 is 11.6 Å². The summed E-state index contributed by atoms with van der Waals surface area (Å²) in [6.07, 6.45) is 6.69. The van der Waals surface area contributed by atoms with Crippen LogP contribution in [-0.4, -0.2) is 16.9 Å². The second-order valence-electron chi connectivity index (χ2n) is 11.4. The summed E-state index contributed by atoms with van der Waals surface area (Å²) in [6.45, 7) is 5.78. The van der Waals surface area contributed by atoms with Gasteiger partial charge >= 0.3 is 5.97 Å². The maximum atomic E-state index is 13.2. The van der Waals surface area contributed by atoms with Gasteiger partial charge in [0.2, 0.25) is 0 Å². The number of benzene rings is 4. The van der Waals surface area contributed by atoms with Crippen LogP contribution in [0.2, 0.25) is 5.02 Å². The Morgan fingerprint density at radius 2 is 1.56 bits per heavy atom. The van der Waals surface area contributed by atoms with E-state index in [2.05, 4.69) is 48.5 Å². The van der Waals surface area contributed by atoms with Crippen molar-refractivity contribution in [1.29, 1.82) is 0 Å². The van der Waals surface area contributed by atoms with Crippen molar-refractivity contribution < 1.29 is 14.7 Å². The van der Waals surface area contributed by atoms with E-state index in [1.54, 1.807) is 0 Å². The number of Topliss-reactive ketones (excluding diaryl/α,β-unsaturated/α-hetero) is 1. The van der Waals surface area contributed by atoms with Crippen molar-refractivity contribution in [2.75, 3.05) is 0 Å². The summed E-state index contributed by atoms with van der Waals surface area (Å²) in [4.78, 5) is 24.5. The molecule has 0 radical (unpaired) electrons. The molecule has 0 aromatic heterocycles. The summed E-state index contributed by atoms with van der Waals surface area (Å²) in [5.41, 5.74) is 11.0. The molecule has 1 fully saturated rings. The lowest BCUT2D eigenvalue weighted by Gasteiger charge is -2.28. The number of hydrogen-bond donors (Lipinski definition) is 1. The minimum Gasteiger partial charge on any atom is -0.481 e. The summed E-state index contributed by atoms with van der Waals surface area (Å²) in [6, 6.07) is 27.2. The number of carbonyl (C=O) groups excluding carboxylic acids is 1. The van der Waals surface area contributed by atoms with Crippen molar-refractivity contribution >= 4 is 28.9 Å². The van der Waals surface area contributed by atoms with Gasteiger partial charge in [-0.05, 0) is 101 Å². The third-order valence-corrected chi connectivity index (χ3v) is 8.85. The highest BCUT2D eigenvalue weighted by molar-refractivity contribution is 6.33. The second-order valence-corrected chi connectivity index (χ2v) is 11.8. The Balaban J connectivity index is 0.00000423. The molecule has 0 bridgehead atoms. The Morgan fingerprint density at radius 3 is 2.19 bits per heavy atom. The van der Waals surface area contributed by atoms with Gasteiger partial charge in [-0.15, -0.1) is 0 Å². The van der Waals surface area contributed by atoms with Gasteiger partial charge in [0.15, 0.2) is 5.78 Å². The lowest BCUT2D eigenvalue weighted by molar-refractivity contribution is -0.136. The molecule has 1 aliphatic rings. The number of allylic oxidation sites excluding steroid dienone is 2. The van der Waals surface area contributed by atoms with Crippen molar-refractivity contribution in [3.05, 3.63) is 123 Å². The zero-order chi connectivity index (χ0) is 29.8. The third kappa shape index (κ3) is 7.17. The monoisotopic (exact) mass is 592 g/mol. The minimum atomic E-state index is -0.854. The maximum absolute atomic E-state index is 13.2. The zero-order valence-electron chi connectivity index (χ0n) is 24.5. The zero-order valence-corrected chi connectivity index (χ0v) is 25.3. The average Bonchev–Trinajstić information content (AvgIpc) is 2.95.